The van der Waals surface area contributed by atoms with Crippen molar-refractivity contribution >= 4 is 11.9 Å². The van der Waals surface area contributed by atoms with Crippen LogP contribution in [0.5, 0.6) is 0 Å². The van der Waals surface area contributed by atoms with Crippen LogP contribution in [-0.4, -0.2) is 40.5 Å². The minimum atomic E-state index is -1.30. The van der Waals surface area contributed by atoms with Crippen molar-refractivity contribution in [2.24, 2.45) is 5.73 Å². The molecule has 14 heavy (non-hydrogen) atoms. The standard InChI is InChI=1S/C9H12N2O3/c1-2-3-7(12)11-5-4-9(10,6-11)8(13)14/h4-6,10H2,1H3,(H,13,14). The van der Waals surface area contributed by atoms with Crippen LogP contribution in [0, 0.1) is 11.8 Å². The van der Waals surface area contributed by atoms with E-state index in [1.165, 1.54) is 4.90 Å². The lowest BCUT2D eigenvalue weighted by molar-refractivity contribution is -0.142. The Balaban J connectivity index is 2.69. The monoisotopic (exact) mass is 196 g/mol. The predicted octanol–water partition coefficient (Wildman–Crippen LogP) is -0.976. The molecular weight excluding hydrogens is 184 g/mol. The van der Waals surface area contributed by atoms with Crippen LogP contribution in [0.4, 0.5) is 0 Å². The highest BCUT2D eigenvalue weighted by Gasteiger charge is 2.42. The zero-order valence-electron chi connectivity index (χ0n) is 7.91. The van der Waals surface area contributed by atoms with E-state index in [-0.39, 0.29) is 18.9 Å². The van der Waals surface area contributed by atoms with Crippen LogP contribution in [0.3, 0.4) is 0 Å². The smallest absolute Gasteiger partial charge is 0.325 e. The first-order chi connectivity index (χ1) is 6.49. The number of nitrogens with zero attached hydrogens (tertiary/aromatic N) is 1. The normalized spacial score (nSPS) is 25.4. The van der Waals surface area contributed by atoms with Gasteiger partial charge in [-0.25, -0.2) is 0 Å². The van der Waals surface area contributed by atoms with E-state index in [0.29, 0.717) is 6.54 Å². The molecule has 76 valence electrons. The topological polar surface area (TPSA) is 83.6 Å². The molecule has 5 heteroatoms. The maximum Gasteiger partial charge on any atom is 0.325 e. The van der Waals surface area contributed by atoms with E-state index < -0.39 is 11.5 Å². The number of hydrogen-bond donors (Lipinski definition) is 2. The van der Waals surface area contributed by atoms with Gasteiger partial charge in [0.2, 0.25) is 0 Å². The van der Waals surface area contributed by atoms with Gasteiger partial charge in [0, 0.05) is 6.54 Å². The lowest BCUT2D eigenvalue weighted by Gasteiger charge is -2.18. The van der Waals surface area contributed by atoms with Gasteiger partial charge >= 0.3 is 5.97 Å². The third kappa shape index (κ3) is 1.86. The van der Waals surface area contributed by atoms with E-state index in [0.717, 1.165) is 0 Å². The summed E-state index contributed by atoms with van der Waals surface area (Å²) in [4.78, 5) is 23.4. The highest BCUT2D eigenvalue weighted by Crippen LogP contribution is 2.18. The highest BCUT2D eigenvalue weighted by molar-refractivity contribution is 5.94. The second kappa shape index (κ2) is 3.68. The van der Waals surface area contributed by atoms with E-state index in [4.69, 9.17) is 10.8 Å². The maximum atomic E-state index is 11.3. The number of carboxylic acid groups (broad SMARTS) is 1. The molecule has 1 atom stereocenters. The number of likely N-dealkylation sites (tertiary alicyclic amines) is 1. The van der Waals surface area contributed by atoms with Gasteiger partial charge in [0.1, 0.15) is 5.54 Å². The second-order valence-corrected chi connectivity index (χ2v) is 3.31. The Morgan fingerprint density at radius 3 is 2.64 bits per heavy atom. The first kappa shape index (κ1) is 10.5. The molecule has 1 amide bonds. The maximum absolute atomic E-state index is 11.3. The molecule has 5 nitrogen and oxygen atoms in total. The van der Waals surface area contributed by atoms with Crippen LogP contribution in [-0.2, 0) is 9.59 Å². The van der Waals surface area contributed by atoms with Gasteiger partial charge in [-0.05, 0) is 19.3 Å². The Morgan fingerprint density at radius 1 is 1.57 bits per heavy atom. The third-order valence-electron chi connectivity index (χ3n) is 2.25. The molecule has 0 radical (unpaired) electrons. The summed E-state index contributed by atoms with van der Waals surface area (Å²) in [7, 11) is 0. The number of amides is 1. The molecule has 3 N–H and O–H groups in total. The number of hydrogen-bond acceptors (Lipinski definition) is 3. The van der Waals surface area contributed by atoms with Gasteiger partial charge in [0.05, 0.1) is 6.54 Å². The van der Waals surface area contributed by atoms with Gasteiger partial charge in [-0.3, -0.25) is 9.59 Å². The summed E-state index contributed by atoms with van der Waals surface area (Å²) in [6.45, 7) is 1.95. The average molecular weight is 196 g/mol. The van der Waals surface area contributed by atoms with E-state index in [9.17, 15) is 9.59 Å². The number of rotatable bonds is 1. The van der Waals surface area contributed by atoms with Gasteiger partial charge in [0.25, 0.3) is 5.91 Å². The average Bonchev–Trinajstić information content (AvgIpc) is 2.50. The molecule has 1 heterocycles. The van der Waals surface area contributed by atoms with Gasteiger partial charge in [-0.1, -0.05) is 5.92 Å². The number of carbonyl (C=O) groups excluding carboxylic acids is 1. The fourth-order valence-electron chi connectivity index (χ4n) is 1.37. The molecule has 0 saturated carbocycles. The van der Waals surface area contributed by atoms with E-state index in [1.807, 2.05) is 0 Å². The fraction of sp³-hybridized carbons (Fsp3) is 0.556. The summed E-state index contributed by atoms with van der Waals surface area (Å²) in [5, 5.41) is 8.80. The predicted molar refractivity (Wildman–Crippen MR) is 49.2 cm³/mol. The first-order valence-corrected chi connectivity index (χ1v) is 4.23. The minimum Gasteiger partial charge on any atom is -0.480 e. The van der Waals surface area contributed by atoms with Crippen molar-refractivity contribution in [1.29, 1.82) is 0 Å². The van der Waals surface area contributed by atoms with E-state index in [1.54, 1.807) is 6.92 Å². The van der Waals surface area contributed by atoms with Crippen LogP contribution < -0.4 is 5.73 Å². The van der Waals surface area contributed by atoms with Crippen LogP contribution in [0.1, 0.15) is 13.3 Å². The zero-order chi connectivity index (χ0) is 10.8. The van der Waals surface area contributed by atoms with Crippen LogP contribution in [0.2, 0.25) is 0 Å². The van der Waals surface area contributed by atoms with E-state index in [2.05, 4.69) is 11.8 Å². The summed E-state index contributed by atoms with van der Waals surface area (Å²) in [5.41, 5.74) is 4.28. The van der Waals surface area contributed by atoms with Gasteiger partial charge in [0.15, 0.2) is 0 Å². The molecule has 1 aliphatic rings. The van der Waals surface area contributed by atoms with Crippen molar-refractivity contribution in [3.8, 4) is 11.8 Å². The van der Waals surface area contributed by atoms with Gasteiger partial charge < -0.3 is 15.7 Å². The van der Waals surface area contributed by atoms with Crippen molar-refractivity contribution in [2.75, 3.05) is 13.1 Å². The molecular formula is C9H12N2O3. The molecule has 1 saturated heterocycles. The SMILES string of the molecule is CC#CC(=O)N1CCC(N)(C(=O)O)C1. The summed E-state index contributed by atoms with van der Waals surface area (Å²) < 4.78 is 0. The van der Waals surface area contributed by atoms with E-state index >= 15 is 0 Å². The molecule has 1 aliphatic heterocycles. The van der Waals surface area contributed by atoms with Crippen molar-refractivity contribution in [2.45, 2.75) is 18.9 Å². The second-order valence-electron chi connectivity index (χ2n) is 3.31. The van der Waals surface area contributed by atoms with Gasteiger partial charge in [-0.15, -0.1) is 0 Å². The fourth-order valence-corrected chi connectivity index (χ4v) is 1.37. The highest BCUT2D eigenvalue weighted by atomic mass is 16.4. The summed E-state index contributed by atoms with van der Waals surface area (Å²) in [6.07, 6.45) is 0.277. The molecule has 0 aromatic rings. The molecule has 0 aliphatic carbocycles. The Kier molecular flexibility index (Phi) is 2.77. The van der Waals surface area contributed by atoms with Gasteiger partial charge in [-0.2, -0.15) is 0 Å². The molecule has 1 rings (SSSR count). The molecule has 0 bridgehead atoms. The van der Waals surface area contributed by atoms with Crippen LogP contribution in [0.25, 0.3) is 0 Å². The lowest BCUT2D eigenvalue weighted by atomic mass is 10.0. The molecule has 0 aromatic heterocycles. The molecule has 1 fully saturated rings. The van der Waals surface area contributed by atoms with Crippen LogP contribution >= 0.6 is 0 Å². The summed E-state index contributed by atoms with van der Waals surface area (Å²) in [5.74, 6) is 3.39. The number of carboxylic acids is 1. The van der Waals surface area contributed by atoms with Crippen molar-refractivity contribution in [1.82, 2.24) is 4.90 Å². The Bertz CT molecular complexity index is 329. The Hall–Kier alpha value is -1.54. The quantitative estimate of drug-likeness (QED) is 0.528. The summed E-state index contributed by atoms with van der Waals surface area (Å²) in [6, 6.07) is 0. The number of nitrogens with two attached hydrogens (primary N) is 1. The lowest BCUT2D eigenvalue weighted by Crippen LogP contribution is -2.50. The van der Waals surface area contributed by atoms with Crippen molar-refractivity contribution in [3.63, 3.8) is 0 Å². The third-order valence-corrected chi connectivity index (χ3v) is 2.25. The molecule has 1 unspecified atom stereocenters. The first-order valence-electron chi connectivity index (χ1n) is 4.23. The number of aliphatic carboxylic acids is 1. The zero-order valence-corrected chi connectivity index (χ0v) is 7.91. The minimum absolute atomic E-state index is 0.0375. The van der Waals surface area contributed by atoms with Crippen molar-refractivity contribution in [3.05, 3.63) is 0 Å². The molecule has 0 spiro atoms. The van der Waals surface area contributed by atoms with Crippen LogP contribution in [0.15, 0.2) is 0 Å². The number of carbonyl (C=O) groups is 2. The molecule has 0 aromatic carbocycles. The Morgan fingerprint density at radius 2 is 2.21 bits per heavy atom. The Labute approximate surface area is 81.9 Å². The largest absolute Gasteiger partial charge is 0.480 e. The summed E-state index contributed by atoms with van der Waals surface area (Å²) >= 11 is 0. The van der Waals surface area contributed by atoms with Crippen molar-refractivity contribution < 1.29 is 14.7 Å².